The minimum atomic E-state index is -0.551. The average molecular weight is 415 g/mol. The maximum absolute atomic E-state index is 12.7. The fourth-order valence-corrected chi connectivity index (χ4v) is 4.40. The number of rotatable bonds is 5. The van der Waals surface area contributed by atoms with Gasteiger partial charge in [0.05, 0.1) is 12.0 Å². The molecule has 2 heterocycles. The molecule has 6 nitrogen and oxygen atoms in total. The van der Waals surface area contributed by atoms with Crippen LogP contribution in [-0.2, 0) is 20.9 Å². The molecule has 2 fully saturated rings. The molecule has 1 saturated carbocycles. The molecule has 1 aliphatic heterocycles. The number of carbonyl (C=O) groups excluding carboxylic acids is 3. The van der Waals surface area contributed by atoms with Gasteiger partial charge >= 0.3 is 0 Å². The molecule has 152 valence electrons. The van der Waals surface area contributed by atoms with E-state index in [0.29, 0.717) is 16.5 Å². The predicted octanol–water partition coefficient (Wildman–Crippen LogP) is 3.88. The highest BCUT2D eigenvalue weighted by Gasteiger charge is 2.52. The van der Waals surface area contributed by atoms with E-state index in [-0.39, 0.29) is 37.2 Å². The van der Waals surface area contributed by atoms with Gasteiger partial charge in [0.1, 0.15) is 18.1 Å². The zero-order chi connectivity index (χ0) is 20.6. The van der Waals surface area contributed by atoms with Gasteiger partial charge < -0.3 is 9.32 Å². The molecule has 1 saturated heterocycles. The first-order valence-corrected chi connectivity index (χ1v) is 10.2. The second-order valence-electron chi connectivity index (χ2n) is 7.97. The molecule has 0 radical (unpaired) electrons. The van der Waals surface area contributed by atoms with Gasteiger partial charge in [-0.3, -0.25) is 19.3 Å². The summed E-state index contributed by atoms with van der Waals surface area (Å²) < 4.78 is 5.83. The third-order valence-electron chi connectivity index (χ3n) is 5.95. The molecule has 0 atom stereocenters. The van der Waals surface area contributed by atoms with Crippen molar-refractivity contribution in [3.05, 3.63) is 47.2 Å². The van der Waals surface area contributed by atoms with E-state index >= 15 is 0 Å². The van der Waals surface area contributed by atoms with E-state index in [1.807, 2.05) is 24.3 Å². The molecule has 29 heavy (non-hydrogen) atoms. The van der Waals surface area contributed by atoms with Crippen LogP contribution >= 0.6 is 11.6 Å². The maximum atomic E-state index is 12.7. The first kappa shape index (κ1) is 19.7. The van der Waals surface area contributed by atoms with Crippen molar-refractivity contribution in [2.24, 2.45) is 5.41 Å². The van der Waals surface area contributed by atoms with Crippen LogP contribution in [0.5, 0.6) is 0 Å². The summed E-state index contributed by atoms with van der Waals surface area (Å²) in [5.41, 5.74) is 0.342. The summed E-state index contributed by atoms with van der Waals surface area (Å²) in [6, 6.07) is 11.0. The van der Waals surface area contributed by atoms with Crippen molar-refractivity contribution in [2.45, 2.75) is 38.6 Å². The van der Waals surface area contributed by atoms with Crippen LogP contribution in [0.25, 0.3) is 11.3 Å². The van der Waals surface area contributed by atoms with Crippen LogP contribution in [0.4, 0.5) is 0 Å². The average Bonchev–Trinajstić information content (AvgIpc) is 3.40. The second kappa shape index (κ2) is 7.67. The van der Waals surface area contributed by atoms with Crippen LogP contribution in [-0.4, -0.2) is 41.1 Å². The Balaban J connectivity index is 1.38. The molecule has 4 rings (SSSR count). The molecule has 0 unspecified atom stereocenters. The van der Waals surface area contributed by atoms with Crippen LogP contribution in [0, 0.1) is 5.41 Å². The van der Waals surface area contributed by atoms with Gasteiger partial charge in [0.2, 0.25) is 17.7 Å². The largest absolute Gasteiger partial charge is 0.459 e. The predicted molar refractivity (Wildman–Crippen MR) is 108 cm³/mol. The topological polar surface area (TPSA) is 70.8 Å². The summed E-state index contributed by atoms with van der Waals surface area (Å²) in [4.78, 5) is 40.4. The van der Waals surface area contributed by atoms with Crippen molar-refractivity contribution in [2.75, 3.05) is 13.6 Å². The minimum absolute atomic E-state index is 0.176. The zero-order valence-corrected chi connectivity index (χ0v) is 17.1. The Kier molecular flexibility index (Phi) is 5.21. The van der Waals surface area contributed by atoms with E-state index in [4.69, 9.17) is 16.0 Å². The highest BCUT2D eigenvalue weighted by atomic mass is 35.5. The first-order valence-electron chi connectivity index (χ1n) is 9.81. The number of likely N-dealkylation sites (tertiary alicyclic amines) is 1. The molecule has 1 aromatic carbocycles. The number of hydrogen-bond donors (Lipinski definition) is 0. The van der Waals surface area contributed by atoms with Crippen molar-refractivity contribution in [1.82, 2.24) is 9.80 Å². The van der Waals surface area contributed by atoms with Crippen molar-refractivity contribution in [1.29, 1.82) is 0 Å². The molecule has 3 amide bonds. The van der Waals surface area contributed by atoms with Gasteiger partial charge in [-0.05, 0) is 49.2 Å². The van der Waals surface area contributed by atoms with E-state index in [2.05, 4.69) is 0 Å². The second-order valence-corrected chi connectivity index (χ2v) is 8.41. The van der Waals surface area contributed by atoms with Crippen LogP contribution < -0.4 is 0 Å². The lowest BCUT2D eigenvalue weighted by molar-refractivity contribution is -0.147. The van der Waals surface area contributed by atoms with Crippen LogP contribution in [0.3, 0.4) is 0 Å². The Bertz CT molecular complexity index is 944. The summed E-state index contributed by atoms with van der Waals surface area (Å²) in [6.07, 6.45) is 3.67. The van der Waals surface area contributed by atoms with Crippen molar-refractivity contribution in [3.8, 4) is 11.3 Å². The summed E-state index contributed by atoms with van der Waals surface area (Å²) in [5, 5.41) is 0.649. The third kappa shape index (κ3) is 3.81. The monoisotopic (exact) mass is 414 g/mol. The summed E-state index contributed by atoms with van der Waals surface area (Å²) in [6.45, 7) is 0.0501. The van der Waals surface area contributed by atoms with E-state index in [1.165, 1.54) is 4.90 Å². The van der Waals surface area contributed by atoms with E-state index in [9.17, 15) is 14.4 Å². The third-order valence-corrected chi connectivity index (χ3v) is 6.20. The number of nitrogens with zero attached hydrogens (tertiary/aromatic N) is 2. The highest BCUT2D eigenvalue weighted by Crippen LogP contribution is 2.46. The smallest absolute Gasteiger partial charge is 0.242 e. The summed E-state index contributed by atoms with van der Waals surface area (Å²) >= 11 is 5.91. The number of likely N-dealkylation sites (N-methyl/N-ethyl adjacent to an activating group) is 1. The molecule has 1 aromatic heterocycles. The Morgan fingerprint density at radius 2 is 1.83 bits per heavy atom. The first-order chi connectivity index (χ1) is 13.9. The van der Waals surface area contributed by atoms with Gasteiger partial charge in [-0.1, -0.05) is 24.4 Å². The van der Waals surface area contributed by atoms with E-state index < -0.39 is 5.41 Å². The lowest BCUT2D eigenvalue weighted by atomic mass is 9.84. The molecule has 7 heteroatoms. The molecule has 0 bridgehead atoms. The van der Waals surface area contributed by atoms with E-state index in [0.717, 1.165) is 36.1 Å². The lowest BCUT2D eigenvalue weighted by Crippen LogP contribution is -2.42. The number of imide groups is 1. The molecular weight excluding hydrogens is 392 g/mol. The Hall–Kier alpha value is -2.60. The Morgan fingerprint density at radius 3 is 2.52 bits per heavy atom. The SMILES string of the molecule is CN(Cc1ccc(-c2ccc(Cl)cc2)o1)C(=O)CN1C(=O)CC2(CCCC2)C1=O. The quantitative estimate of drug-likeness (QED) is 0.696. The standard InChI is InChI=1S/C22H23ClN2O4/c1-24(13-17-8-9-18(29-17)15-4-6-16(23)7-5-15)20(27)14-25-19(26)12-22(21(25)28)10-2-3-11-22/h4-9H,2-3,10-14H2,1H3. The zero-order valence-electron chi connectivity index (χ0n) is 16.3. The molecule has 1 spiro atoms. The Labute approximate surface area is 174 Å². The number of furan rings is 1. The van der Waals surface area contributed by atoms with Gasteiger partial charge in [0.25, 0.3) is 0 Å². The summed E-state index contributed by atoms with van der Waals surface area (Å²) in [5.74, 6) is 0.611. The number of carbonyl (C=O) groups is 3. The number of hydrogen-bond acceptors (Lipinski definition) is 4. The van der Waals surface area contributed by atoms with Crippen LogP contribution in [0.1, 0.15) is 37.9 Å². The normalized spacial score (nSPS) is 18.1. The lowest BCUT2D eigenvalue weighted by Gasteiger charge is -2.22. The van der Waals surface area contributed by atoms with Crippen molar-refractivity contribution < 1.29 is 18.8 Å². The molecule has 1 aliphatic carbocycles. The van der Waals surface area contributed by atoms with Gasteiger partial charge in [-0.15, -0.1) is 0 Å². The molecule has 2 aromatic rings. The van der Waals surface area contributed by atoms with Crippen molar-refractivity contribution >= 4 is 29.3 Å². The Morgan fingerprint density at radius 1 is 1.14 bits per heavy atom. The van der Waals surface area contributed by atoms with Gasteiger partial charge in [-0.2, -0.15) is 0 Å². The fourth-order valence-electron chi connectivity index (χ4n) is 4.27. The fraction of sp³-hybridized carbons (Fsp3) is 0.409. The summed E-state index contributed by atoms with van der Waals surface area (Å²) in [7, 11) is 1.64. The maximum Gasteiger partial charge on any atom is 0.242 e. The number of benzene rings is 1. The van der Waals surface area contributed by atoms with Crippen LogP contribution in [0.15, 0.2) is 40.8 Å². The minimum Gasteiger partial charge on any atom is -0.459 e. The highest BCUT2D eigenvalue weighted by molar-refractivity contribution is 6.30. The number of halogens is 1. The van der Waals surface area contributed by atoms with Gasteiger partial charge in [0.15, 0.2) is 0 Å². The van der Waals surface area contributed by atoms with E-state index in [1.54, 1.807) is 19.2 Å². The molecular formula is C22H23ClN2O4. The van der Waals surface area contributed by atoms with Crippen molar-refractivity contribution in [3.63, 3.8) is 0 Å². The molecule has 0 N–H and O–H groups in total. The van der Waals surface area contributed by atoms with Gasteiger partial charge in [0, 0.05) is 24.1 Å². The number of amides is 3. The van der Waals surface area contributed by atoms with Gasteiger partial charge in [-0.25, -0.2) is 0 Å². The molecule has 2 aliphatic rings. The van der Waals surface area contributed by atoms with Crippen LogP contribution in [0.2, 0.25) is 5.02 Å².